The summed E-state index contributed by atoms with van der Waals surface area (Å²) in [5.41, 5.74) is 5.07. The second-order valence-electron chi connectivity index (χ2n) is 6.66. The molecule has 2 atom stereocenters. The first-order chi connectivity index (χ1) is 14.0. The van der Waals surface area contributed by atoms with E-state index in [1.165, 1.54) is 0 Å². The largest absolute Gasteiger partial charge is 0.418 e. The molecule has 164 valence electrons. The number of amides is 4. The molecular weight excluding hydrogens is 428 g/mol. The van der Waals surface area contributed by atoms with Gasteiger partial charge >= 0.3 is 16.4 Å². The molecule has 16 nitrogen and oxygen atoms in total. The van der Waals surface area contributed by atoms with Crippen LogP contribution >= 0.6 is 0 Å². The van der Waals surface area contributed by atoms with Gasteiger partial charge in [-0.25, -0.2) is 9.48 Å². The Balaban J connectivity index is 1.54. The van der Waals surface area contributed by atoms with E-state index in [9.17, 15) is 27.6 Å². The van der Waals surface area contributed by atoms with Gasteiger partial charge < -0.3 is 16.0 Å². The fraction of sp³-hybridized carbons (Fsp3) is 0.615. The average molecular weight is 446 g/mol. The molecule has 2 aliphatic rings. The maximum Gasteiger partial charge on any atom is 0.418 e. The number of tetrazole rings is 1. The zero-order valence-electron chi connectivity index (χ0n) is 15.4. The number of aromatic nitrogens is 4. The summed E-state index contributed by atoms with van der Waals surface area (Å²) in [5, 5.41) is 13.4. The van der Waals surface area contributed by atoms with Crippen LogP contribution < -0.4 is 11.1 Å². The Morgan fingerprint density at radius 3 is 2.70 bits per heavy atom. The van der Waals surface area contributed by atoms with Crippen LogP contribution in [0.1, 0.15) is 18.7 Å². The molecule has 0 unspecified atom stereocenters. The Morgan fingerprint density at radius 2 is 2.03 bits per heavy atom. The van der Waals surface area contributed by atoms with Crippen LogP contribution in [0.4, 0.5) is 4.79 Å². The monoisotopic (exact) mass is 446 g/mol. The quantitative estimate of drug-likeness (QED) is 0.314. The summed E-state index contributed by atoms with van der Waals surface area (Å²) >= 11 is 0. The third-order valence-electron chi connectivity index (χ3n) is 4.52. The van der Waals surface area contributed by atoms with Crippen molar-refractivity contribution in [3.05, 3.63) is 5.82 Å². The van der Waals surface area contributed by atoms with E-state index in [4.69, 9.17) is 10.3 Å². The van der Waals surface area contributed by atoms with E-state index in [-0.39, 0.29) is 44.7 Å². The first-order valence-electron chi connectivity index (χ1n) is 8.64. The van der Waals surface area contributed by atoms with E-state index in [0.29, 0.717) is 5.06 Å². The van der Waals surface area contributed by atoms with Crippen molar-refractivity contribution in [2.45, 2.75) is 37.9 Å². The number of hydrogen-bond donors (Lipinski definition) is 3. The van der Waals surface area contributed by atoms with Crippen LogP contribution in [-0.2, 0) is 42.0 Å². The van der Waals surface area contributed by atoms with Crippen molar-refractivity contribution in [1.29, 1.82) is 0 Å². The Morgan fingerprint density at radius 1 is 1.30 bits per heavy atom. The number of primary amides is 1. The number of ketones is 1. The molecule has 0 aromatic carbocycles. The van der Waals surface area contributed by atoms with Crippen LogP contribution in [0, 0.1) is 0 Å². The summed E-state index contributed by atoms with van der Waals surface area (Å²) in [7, 11) is -4.89. The number of fused-ring (bicyclic) bond motifs is 2. The molecule has 3 heterocycles. The molecule has 17 heteroatoms. The van der Waals surface area contributed by atoms with Gasteiger partial charge in [0.2, 0.25) is 11.8 Å². The van der Waals surface area contributed by atoms with Crippen molar-refractivity contribution in [3.8, 4) is 0 Å². The van der Waals surface area contributed by atoms with Crippen molar-refractivity contribution in [2.75, 3.05) is 13.1 Å². The lowest BCUT2D eigenvalue weighted by atomic mass is 10.0. The molecule has 0 spiro atoms. The number of hydroxylamine groups is 2. The Hall–Kier alpha value is -3.18. The van der Waals surface area contributed by atoms with Gasteiger partial charge in [0.05, 0.1) is 19.0 Å². The van der Waals surface area contributed by atoms with Crippen LogP contribution in [0.15, 0.2) is 0 Å². The number of carbonyl (C=O) groups excluding carboxylic acids is 4. The minimum Gasteiger partial charge on any atom is -0.369 e. The summed E-state index contributed by atoms with van der Waals surface area (Å²) in [6.45, 7) is -0.662. The second-order valence-corrected chi connectivity index (χ2v) is 7.67. The normalized spacial score (nSPS) is 21.0. The second kappa shape index (κ2) is 8.28. The fourth-order valence-electron chi connectivity index (χ4n) is 3.26. The summed E-state index contributed by atoms with van der Waals surface area (Å²) in [5.74, 6) is -1.66. The zero-order chi connectivity index (χ0) is 22.1. The van der Waals surface area contributed by atoms with Crippen molar-refractivity contribution in [2.24, 2.45) is 5.73 Å². The molecule has 2 aliphatic heterocycles. The minimum absolute atomic E-state index is 0.0293. The zero-order valence-corrected chi connectivity index (χ0v) is 16.2. The summed E-state index contributed by atoms with van der Waals surface area (Å²) in [4.78, 5) is 48.9. The van der Waals surface area contributed by atoms with Gasteiger partial charge in [0.25, 0.3) is 0 Å². The van der Waals surface area contributed by atoms with Gasteiger partial charge in [0.1, 0.15) is 12.6 Å². The van der Waals surface area contributed by atoms with Gasteiger partial charge in [-0.3, -0.25) is 18.9 Å². The lowest BCUT2D eigenvalue weighted by Crippen LogP contribution is -2.50. The lowest BCUT2D eigenvalue weighted by molar-refractivity contribution is -0.129. The molecule has 0 saturated carbocycles. The summed E-state index contributed by atoms with van der Waals surface area (Å²) in [6, 6.07) is -2.45. The summed E-state index contributed by atoms with van der Waals surface area (Å²) in [6.07, 6.45) is 0.206. The van der Waals surface area contributed by atoms with Crippen molar-refractivity contribution in [3.63, 3.8) is 0 Å². The third kappa shape index (κ3) is 4.86. The highest BCUT2D eigenvalue weighted by molar-refractivity contribution is 7.80. The maximum absolute atomic E-state index is 12.5. The van der Waals surface area contributed by atoms with Crippen LogP contribution in [0.3, 0.4) is 0 Å². The lowest BCUT2D eigenvalue weighted by Gasteiger charge is -2.29. The van der Waals surface area contributed by atoms with Gasteiger partial charge in [-0.1, -0.05) is 0 Å². The van der Waals surface area contributed by atoms with Crippen LogP contribution in [0.2, 0.25) is 0 Å². The molecule has 2 bridgehead atoms. The number of hydrogen-bond acceptors (Lipinski definition) is 10. The highest BCUT2D eigenvalue weighted by Gasteiger charge is 2.49. The number of nitrogens with two attached hydrogens (primary N) is 1. The first kappa shape index (κ1) is 21.5. The third-order valence-corrected chi connectivity index (χ3v) is 4.87. The molecule has 1 aromatic rings. The highest BCUT2D eigenvalue weighted by Crippen LogP contribution is 2.30. The van der Waals surface area contributed by atoms with Gasteiger partial charge in [-0.2, -0.15) is 13.5 Å². The SMILES string of the molecule is NC(=O)Cc1nnnn1CC(=O)CNC(=O)[C@@H]1CC[C@@H]2CN1C(=O)N2OS(=O)(=O)O. The standard InChI is InChI=1S/C13H18N8O8S/c14-10(23)3-11-16-17-18-20(11)6-8(22)4-15-12(24)9-2-1-7-5-19(9)13(25)21(7)29-30(26,27)28/h7,9H,1-6H2,(H2,14,23)(H,15,24)(H,26,27,28)/t7-,9+/m1/s1. The predicted octanol–water partition coefficient (Wildman–Crippen LogP) is -3.61. The minimum atomic E-state index is -4.89. The Labute approximate surface area is 169 Å². The molecular formula is C13H18N8O8S. The van der Waals surface area contributed by atoms with Gasteiger partial charge in [0.15, 0.2) is 11.6 Å². The van der Waals surface area contributed by atoms with E-state index >= 15 is 0 Å². The van der Waals surface area contributed by atoms with E-state index in [1.807, 2.05) is 0 Å². The van der Waals surface area contributed by atoms with E-state index in [1.54, 1.807) is 0 Å². The number of Topliss-reactive ketones (excluding diaryl/α,β-unsaturated/α-hetero) is 1. The first-order valence-corrected chi connectivity index (χ1v) is 10.0. The summed E-state index contributed by atoms with van der Waals surface area (Å²) < 4.78 is 35.9. The molecule has 4 N–H and O–H groups in total. The van der Waals surface area contributed by atoms with Gasteiger partial charge in [0, 0.05) is 6.54 Å². The molecule has 1 aromatic heterocycles. The van der Waals surface area contributed by atoms with E-state index < -0.39 is 46.1 Å². The smallest absolute Gasteiger partial charge is 0.369 e. The maximum atomic E-state index is 12.5. The number of nitrogens with one attached hydrogen (secondary N) is 1. The molecule has 30 heavy (non-hydrogen) atoms. The predicted molar refractivity (Wildman–Crippen MR) is 92.1 cm³/mol. The number of piperidine rings is 1. The topological polar surface area (TPSA) is 220 Å². The van der Waals surface area contributed by atoms with Crippen molar-refractivity contribution >= 4 is 34.0 Å². The van der Waals surface area contributed by atoms with Crippen LogP contribution in [0.5, 0.6) is 0 Å². The molecule has 3 rings (SSSR count). The molecule has 4 amide bonds. The van der Waals surface area contributed by atoms with Gasteiger partial charge in [-0.15, -0.1) is 9.38 Å². The van der Waals surface area contributed by atoms with Crippen molar-refractivity contribution in [1.82, 2.24) is 35.5 Å². The number of urea groups is 1. The molecule has 2 fully saturated rings. The Bertz CT molecular complexity index is 978. The molecule has 0 radical (unpaired) electrons. The van der Waals surface area contributed by atoms with E-state index in [2.05, 4.69) is 25.1 Å². The number of nitrogens with zero attached hydrogens (tertiary/aromatic N) is 6. The molecule has 2 saturated heterocycles. The number of carbonyl (C=O) groups is 4. The molecule has 0 aliphatic carbocycles. The van der Waals surface area contributed by atoms with Crippen molar-refractivity contribution < 1.29 is 36.4 Å². The van der Waals surface area contributed by atoms with E-state index in [0.717, 1.165) is 9.58 Å². The average Bonchev–Trinajstić information content (AvgIpc) is 3.16. The van der Waals surface area contributed by atoms with Gasteiger partial charge in [-0.05, 0) is 23.3 Å². The number of rotatable bonds is 9. The van der Waals surface area contributed by atoms with Crippen LogP contribution in [-0.4, -0.2) is 91.9 Å². The Kier molecular flexibility index (Phi) is 5.94. The van der Waals surface area contributed by atoms with Crippen LogP contribution in [0.25, 0.3) is 0 Å². The highest BCUT2D eigenvalue weighted by atomic mass is 32.3. The fourth-order valence-corrected chi connectivity index (χ4v) is 3.65.